The van der Waals surface area contributed by atoms with Crippen LogP contribution in [-0.2, 0) is 4.74 Å². The van der Waals surface area contributed by atoms with Crippen molar-refractivity contribution in [1.29, 1.82) is 0 Å². The number of rotatable bonds is 5. The molecule has 1 aromatic carbocycles. The van der Waals surface area contributed by atoms with Crippen LogP contribution in [0.3, 0.4) is 0 Å². The van der Waals surface area contributed by atoms with Crippen LogP contribution in [0.5, 0.6) is 0 Å². The highest BCUT2D eigenvalue weighted by atomic mass is 19.3. The van der Waals surface area contributed by atoms with Gasteiger partial charge >= 0.3 is 0 Å². The molecule has 5 heteroatoms. The van der Waals surface area contributed by atoms with E-state index in [0.717, 1.165) is 6.42 Å². The predicted octanol–water partition coefficient (Wildman–Crippen LogP) is 3.82. The third-order valence-electron chi connectivity index (χ3n) is 4.19. The number of nitrogen functional groups attached to an aromatic ring is 1. The van der Waals surface area contributed by atoms with Gasteiger partial charge in [0.2, 0.25) is 0 Å². The first-order chi connectivity index (χ1) is 9.36. The van der Waals surface area contributed by atoms with Crippen LogP contribution in [0.4, 0.5) is 20.2 Å². The molecule has 2 unspecified atom stereocenters. The first-order valence-electron chi connectivity index (χ1n) is 6.92. The van der Waals surface area contributed by atoms with E-state index in [1.807, 2.05) is 6.92 Å². The van der Waals surface area contributed by atoms with Gasteiger partial charge < -0.3 is 15.8 Å². The zero-order valence-electron chi connectivity index (χ0n) is 12.1. The molecular weight excluding hydrogens is 262 g/mol. The zero-order chi connectivity index (χ0) is 14.9. The predicted molar refractivity (Wildman–Crippen MR) is 77.0 cm³/mol. The first-order valence-corrected chi connectivity index (χ1v) is 6.92. The summed E-state index contributed by atoms with van der Waals surface area (Å²) in [6.07, 6.45) is -1.53. The molecule has 2 atom stereocenters. The highest BCUT2D eigenvalue weighted by Crippen LogP contribution is 2.45. The molecule has 0 amide bonds. The molecule has 2 rings (SSSR count). The maximum absolute atomic E-state index is 13.0. The lowest BCUT2D eigenvalue weighted by Gasteiger charge is -2.52. The van der Waals surface area contributed by atoms with Gasteiger partial charge in [0.15, 0.2) is 0 Å². The summed E-state index contributed by atoms with van der Waals surface area (Å²) >= 11 is 0. The summed E-state index contributed by atoms with van der Waals surface area (Å²) in [5.41, 5.74) is 6.28. The lowest BCUT2D eigenvalue weighted by molar-refractivity contribution is -0.0976. The van der Waals surface area contributed by atoms with Gasteiger partial charge in [-0.15, -0.1) is 0 Å². The molecule has 20 heavy (non-hydrogen) atoms. The van der Waals surface area contributed by atoms with Gasteiger partial charge in [0.1, 0.15) is 0 Å². The average molecular weight is 284 g/mol. The number of hydrogen-bond donors (Lipinski definition) is 2. The summed E-state index contributed by atoms with van der Waals surface area (Å²) < 4.78 is 31.7. The molecule has 0 heterocycles. The van der Waals surface area contributed by atoms with Crippen molar-refractivity contribution in [2.45, 2.75) is 45.8 Å². The Bertz CT molecular complexity index is 477. The number of hydrogen-bond acceptors (Lipinski definition) is 3. The molecule has 1 aliphatic carbocycles. The Hall–Kier alpha value is -1.36. The van der Waals surface area contributed by atoms with E-state index in [2.05, 4.69) is 19.2 Å². The van der Waals surface area contributed by atoms with Crippen LogP contribution in [0.2, 0.25) is 0 Å². The van der Waals surface area contributed by atoms with Gasteiger partial charge in [-0.3, -0.25) is 0 Å². The SMILES string of the molecule is CCOC1CC(Nc2ccc(N)cc2C(F)F)C1(C)C. The van der Waals surface area contributed by atoms with Crippen LogP contribution < -0.4 is 11.1 Å². The molecule has 0 aliphatic heterocycles. The van der Waals surface area contributed by atoms with Crippen LogP contribution in [-0.4, -0.2) is 18.8 Å². The minimum absolute atomic E-state index is 0.0411. The molecule has 1 aliphatic rings. The summed E-state index contributed by atoms with van der Waals surface area (Å²) in [4.78, 5) is 0. The van der Waals surface area contributed by atoms with Crippen molar-refractivity contribution in [2.24, 2.45) is 5.41 Å². The number of alkyl halides is 2. The van der Waals surface area contributed by atoms with Crippen LogP contribution >= 0.6 is 0 Å². The number of halogens is 2. The summed E-state index contributed by atoms with van der Waals surface area (Å²) in [7, 11) is 0. The lowest BCUT2D eigenvalue weighted by Crippen LogP contribution is -2.58. The number of benzene rings is 1. The van der Waals surface area contributed by atoms with Gasteiger partial charge in [-0.25, -0.2) is 8.78 Å². The van der Waals surface area contributed by atoms with Gasteiger partial charge in [0, 0.05) is 35.0 Å². The van der Waals surface area contributed by atoms with E-state index in [1.165, 1.54) is 6.07 Å². The van der Waals surface area contributed by atoms with E-state index in [1.54, 1.807) is 12.1 Å². The minimum Gasteiger partial charge on any atom is -0.399 e. The van der Waals surface area contributed by atoms with Gasteiger partial charge in [0.05, 0.1) is 6.10 Å². The van der Waals surface area contributed by atoms with Crippen LogP contribution in [0, 0.1) is 5.41 Å². The van der Waals surface area contributed by atoms with E-state index in [4.69, 9.17) is 10.5 Å². The van der Waals surface area contributed by atoms with Crippen molar-refractivity contribution in [3.63, 3.8) is 0 Å². The molecule has 3 N–H and O–H groups in total. The largest absolute Gasteiger partial charge is 0.399 e. The smallest absolute Gasteiger partial charge is 0.265 e. The molecule has 1 saturated carbocycles. The summed E-state index contributed by atoms with van der Waals surface area (Å²) in [5, 5.41) is 3.22. The number of nitrogens with one attached hydrogen (secondary N) is 1. The molecule has 0 saturated heterocycles. The highest BCUT2D eigenvalue weighted by molar-refractivity contribution is 5.59. The second-order valence-electron chi connectivity index (χ2n) is 5.85. The third-order valence-corrected chi connectivity index (χ3v) is 4.19. The Morgan fingerprint density at radius 1 is 1.45 bits per heavy atom. The Morgan fingerprint density at radius 3 is 2.70 bits per heavy atom. The normalized spacial score (nSPS) is 24.5. The Balaban J connectivity index is 2.12. The Morgan fingerprint density at radius 2 is 2.15 bits per heavy atom. The maximum atomic E-state index is 13.0. The number of anilines is 2. The first kappa shape index (κ1) is 15.0. The Labute approximate surface area is 118 Å². The van der Waals surface area contributed by atoms with Crippen molar-refractivity contribution < 1.29 is 13.5 Å². The Kier molecular flexibility index (Phi) is 4.18. The second kappa shape index (κ2) is 5.56. The molecule has 0 spiro atoms. The van der Waals surface area contributed by atoms with Crippen molar-refractivity contribution in [1.82, 2.24) is 0 Å². The topological polar surface area (TPSA) is 47.3 Å². The molecule has 3 nitrogen and oxygen atoms in total. The van der Waals surface area contributed by atoms with Gasteiger partial charge in [-0.2, -0.15) is 0 Å². The van der Waals surface area contributed by atoms with Crippen LogP contribution in [0.15, 0.2) is 18.2 Å². The second-order valence-corrected chi connectivity index (χ2v) is 5.85. The average Bonchev–Trinajstić information content (AvgIpc) is 2.39. The molecule has 0 radical (unpaired) electrons. The fraction of sp³-hybridized carbons (Fsp3) is 0.600. The minimum atomic E-state index is -2.54. The molecule has 112 valence electrons. The summed E-state index contributed by atoms with van der Waals surface area (Å²) in [6, 6.07) is 4.72. The monoisotopic (exact) mass is 284 g/mol. The molecule has 0 bridgehead atoms. The maximum Gasteiger partial charge on any atom is 0.265 e. The fourth-order valence-corrected chi connectivity index (χ4v) is 2.70. The summed E-state index contributed by atoms with van der Waals surface area (Å²) in [5.74, 6) is 0. The summed E-state index contributed by atoms with van der Waals surface area (Å²) in [6.45, 7) is 6.82. The third kappa shape index (κ3) is 2.73. The number of ether oxygens (including phenoxy) is 1. The van der Waals surface area contributed by atoms with Crippen molar-refractivity contribution in [2.75, 3.05) is 17.7 Å². The molecule has 1 fully saturated rings. The van der Waals surface area contributed by atoms with E-state index in [0.29, 0.717) is 18.0 Å². The van der Waals surface area contributed by atoms with Crippen molar-refractivity contribution in [3.8, 4) is 0 Å². The van der Waals surface area contributed by atoms with Crippen molar-refractivity contribution >= 4 is 11.4 Å². The highest BCUT2D eigenvalue weighted by Gasteiger charge is 2.49. The van der Waals surface area contributed by atoms with Gasteiger partial charge in [-0.05, 0) is 31.5 Å². The van der Waals surface area contributed by atoms with E-state index >= 15 is 0 Å². The van der Waals surface area contributed by atoms with E-state index in [9.17, 15) is 8.78 Å². The van der Waals surface area contributed by atoms with Crippen LogP contribution in [0.1, 0.15) is 39.2 Å². The quantitative estimate of drug-likeness (QED) is 0.808. The fourth-order valence-electron chi connectivity index (χ4n) is 2.70. The van der Waals surface area contributed by atoms with Crippen molar-refractivity contribution in [3.05, 3.63) is 23.8 Å². The molecule has 1 aromatic rings. The molecular formula is C15H22F2N2O. The number of nitrogens with two attached hydrogens (primary N) is 1. The van der Waals surface area contributed by atoms with Gasteiger partial charge in [0.25, 0.3) is 6.43 Å². The van der Waals surface area contributed by atoms with E-state index in [-0.39, 0.29) is 23.1 Å². The van der Waals surface area contributed by atoms with Gasteiger partial charge in [-0.1, -0.05) is 13.8 Å². The van der Waals surface area contributed by atoms with Crippen LogP contribution in [0.25, 0.3) is 0 Å². The molecule has 0 aromatic heterocycles. The van der Waals surface area contributed by atoms with E-state index < -0.39 is 6.43 Å². The standard InChI is InChI=1S/C15H22F2N2O/c1-4-20-13-8-12(15(13,2)3)19-11-6-5-9(18)7-10(11)14(16)17/h5-7,12-14,19H,4,8,18H2,1-3H3. The zero-order valence-corrected chi connectivity index (χ0v) is 12.1. The lowest BCUT2D eigenvalue weighted by atomic mass is 9.64.